The van der Waals surface area contributed by atoms with Crippen LogP contribution in [0.1, 0.15) is 117 Å². The van der Waals surface area contributed by atoms with Gasteiger partial charge in [0.2, 0.25) is 0 Å². The number of hydrogen-bond acceptors (Lipinski definition) is 3. The van der Waals surface area contributed by atoms with E-state index in [4.69, 9.17) is 13.3 Å². The molecule has 0 radical (unpaired) electrons. The van der Waals surface area contributed by atoms with Crippen molar-refractivity contribution >= 4 is 130 Å². The van der Waals surface area contributed by atoms with E-state index in [2.05, 4.69) is 459 Å². The number of aryl methyl sites for hydroxylation is 8. The summed E-state index contributed by atoms with van der Waals surface area (Å²) in [5.74, 6) is 0. The Morgan fingerprint density at radius 2 is 0.435 bits per heavy atom. The fourth-order valence-electron chi connectivity index (χ4n) is 22.6. The molecule has 0 saturated carbocycles. The van der Waals surface area contributed by atoms with Gasteiger partial charge in [0, 0.05) is 43.1 Å². The van der Waals surface area contributed by atoms with Crippen molar-refractivity contribution in [2.24, 2.45) is 0 Å². The minimum atomic E-state index is -0.189. The summed E-state index contributed by atoms with van der Waals surface area (Å²) >= 11 is 0. The SMILES string of the molecule is Cc1ccc2c(c1)-c1ccccc1C2(C)C.Cc1ccc2c(c1)C(C)(C)c1ccccc1-2.Cc1ccc2c(c1)C1(c3ccccc3-c3ccccc31)c1ccccc1-2.Cc1ccc2c(c1)oc1ccccc12.Cc1ccc2c3ccccc3c3ccccc3c2c1.Cc1ccc2oc3ccccc3c2c1.Cc1cccc2c1oc1ccccc12.Cc1cccc2c3ccccc3c3ccccc3c12. The predicted octanol–water partition coefficient (Wildman–Crippen LogP) is 37.5. The molecule has 22 aromatic carbocycles. The number of para-hydroxylation sites is 4. The summed E-state index contributed by atoms with van der Waals surface area (Å²) in [6.45, 7) is 26.4. The van der Waals surface area contributed by atoms with Crippen LogP contribution in [0.3, 0.4) is 0 Å². The molecule has 0 amide bonds. The zero-order valence-corrected chi connectivity index (χ0v) is 80.3. The van der Waals surface area contributed by atoms with Crippen molar-refractivity contribution in [3.8, 4) is 44.5 Å². The fraction of sp³-hybridized carbons (Fsp3) is 0.111. The lowest BCUT2D eigenvalue weighted by atomic mass is 9.70. The molecule has 0 saturated heterocycles. The van der Waals surface area contributed by atoms with Crippen LogP contribution in [0, 0.1) is 55.4 Å². The van der Waals surface area contributed by atoms with Crippen molar-refractivity contribution in [2.75, 3.05) is 0 Å². The molecule has 666 valence electrons. The summed E-state index contributed by atoms with van der Waals surface area (Å²) in [6, 6.07) is 156. The van der Waals surface area contributed by atoms with Crippen LogP contribution in [0.15, 0.2) is 450 Å². The molecule has 4 aliphatic carbocycles. The van der Waals surface area contributed by atoms with Crippen molar-refractivity contribution in [1.82, 2.24) is 0 Å². The maximum absolute atomic E-state index is 5.78. The number of fused-ring (bicyclic) bond motifs is 37. The lowest BCUT2D eigenvalue weighted by Gasteiger charge is -2.30. The minimum Gasteiger partial charge on any atom is -0.456 e. The summed E-state index contributed by atoms with van der Waals surface area (Å²) in [5.41, 5.74) is 38.9. The molecular weight excluding hydrogens is 1670 g/mol. The van der Waals surface area contributed by atoms with Gasteiger partial charge in [-0.3, -0.25) is 0 Å². The van der Waals surface area contributed by atoms with Crippen LogP contribution in [0.5, 0.6) is 0 Å². The second-order valence-electron chi connectivity index (χ2n) is 38.8. The Hall–Kier alpha value is -16.2. The van der Waals surface area contributed by atoms with E-state index < -0.39 is 0 Å². The molecule has 3 heterocycles. The van der Waals surface area contributed by atoms with Gasteiger partial charge in [0.15, 0.2) is 0 Å². The second-order valence-corrected chi connectivity index (χ2v) is 38.8. The van der Waals surface area contributed by atoms with Crippen LogP contribution in [0.4, 0.5) is 0 Å². The van der Waals surface area contributed by atoms with Crippen molar-refractivity contribution in [1.29, 1.82) is 0 Å². The monoisotopic (exact) mass is 1780 g/mol. The smallest absolute Gasteiger partial charge is 0.138 e. The van der Waals surface area contributed by atoms with Gasteiger partial charge in [-0.05, 0) is 262 Å². The van der Waals surface area contributed by atoms with E-state index in [1.54, 1.807) is 0 Å². The molecule has 4 aliphatic rings. The van der Waals surface area contributed by atoms with Crippen LogP contribution < -0.4 is 0 Å². The molecule has 0 aliphatic heterocycles. The Morgan fingerprint density at radius 3 is 0.957 bits per heavy atom. The van der Waals surface area contributed by atoms with Crippen molar-refractivity contribution in [3.05, 3.63) is 526 Å². The number of rotatable bonds is 0. The van der Waals surface area contributed by atoms with E-state index >= 15 is 0 Å². The van der Waals surface area contributed by atoms with Crippen molar-refractivity contribution in [2.45, 2.75) is 99.3 Å². The summed E-state index contributed by atoms with van der Waals surface area (Å²) < 4.78 is 17.2. The molecule has 25 aromatic rings. The first-order chi connectivity index (χ1) is 67.3. The molecule has 3 aromatic heterocycles. The first-order valence-electron chi connectivity index (χ1n) is 48.3. The zero-order valence-electron chi connectivity index (χ0n) is 80.3. The predicted molar refractivity (Wildman–Crippen MR) is 588 cm³/mol. The number of furan rings is 3. The van der Waals surface area contributed by atoms with E-state index in [1.807, 2.05) is 60.7 Å². The van der Waals surface area contributed by atoms with Crippen LogP contribution >= 0.6 is 0 Å². The van der Waals surface area contributed by atoms with Gasteiger partial charge in [-0.25, -0.2) is 0 Å². The molecular formula is C135H108O3. The Bertz CT molecular complexity index is 8870. The molecule has 1 spiro atoms. The van der Waals surface area contributed by atoms with Crippen LogP contribution in [-0.2, 0) is 16.2 Å². The highest BCUT2D eigenvalue weighted by molar-refractivity contribution is 6.27. The maximum atomic E-state index is 5.78. The number of benzene rings is 22. The first-order valence-corrected chi connectivity index (χ1v) is 48.3. The third kappa shape index (κ3) is 15.2. The van der Waals surface area contributed by atoms with E-state index in [1.165, 1.54) is 230 Å². The molecule has 0 unspecified atom stereocenters. The molecule has 3 heteroatoms. The molecule has 138 heavy (non-hydrogen) atoms. The normalized spacial score (nSPS) is 13.0. The lowest BCUT2D eigenvalue weighted by Crippen LogP contribution is -2.25. The molecule has 3 nitrogen and oxygen atoms in total. The van der Waals surface area contributed by atoms with Gasteiger partial charge in [-0.15, -0.1) is 0 Å². The summed E-state index contributed by atoms with van der Waals surface area (Å²) in [6.07, 6.45) is 0. The largest absolute Gasteiger partial charge is 0.456 e. The number of hydrogen-bond donors (Lipinski definition) is 0. The zero-order chi connectivity index (χ0) is 94.2. The summed E-state index contributed by atoms with van der Waals surface area (Å²) in [7, 11) is 0. The van der Waals surface area contributed by atoms with Gasteiger partial charge in [-0.1, -0.05) is 456 Å². The van der Waals surface area contributed by atoms with Gasteiger partial charge in [0.05, 0.1) is 5.41 Å². The van der Waals surface area contributed by atoms with E-state index in [0.29, 0.717) is 0 Å². The van der Waals surface area contributed by atoms with Crippen LogP contribution in [0.2, 0.25) is 0 Å². The van der Waals surface area contributed by atoms with Crippen molar-refractivity contribution < 1.29 is 13.3 Å². The average molecular weight is 1780 g/mol. The highest BCUT2D eigenvalue weighted by Gasteiger charge is 2.51. The van der Waals surface area contributed by atoms with E-state index in [9.17, 15) is 0 Å². The molecule has 0 N–H and O–H groups in total. The summed E-state index contributed by atoms with van der Waals surface area (Å²) in [4.78, 5) is 0. The van der Waals surface area contributed by atoms with E-state index in [-0.39, 0.29) is 16.2 Å². The van der Waals surface area contributed by atoms with Gasteiger partial charge in [-0.2, -0.15) is 0 Å². The minimum absolute atomic E-state index is 0.151. The topological polar surface area (TPSA) is 39.4 Å². The lowest BCUT2D eigenvalue weighted by molar-refractivity contribution is 0.659. The highest BCUT2D eigenvalue weighted by atomic mass is 16.3. The molecule has 29 rings (SSSR count). The maximum Gasteiger partial charge on any atom is 0.138 e. The van der Waals surface area contributed by atoms with Gasteiger partial charge in [0.25, 0.3) is 0 Å². The first kappa shape index (κ1) is 87.2. The molecule has 0 bridgehead atoms. The van der Waals surface area contributed by atoms with Gasteiger partial charge < -0.3 is 13.3 Å². The van der Waals surface area contributed by atoms with Gasteiger partial charge in [0.1, 0.15) is 33.5 Å². The average Bonchev–Trinajstić information content (AvgIpc) is 1.51. The summed E-state index contributed by atoms with van der Waals surface area (Å²) in [5, 5.41) is 23.4. The Balaban J connectivity index is 0.0000000919. The molecule has 0 fully saturated rings. The third-order valence-electron chi connectivity index (χ3n) is 29.2. The van der Waals surface area contributed by atoms with Crippen LogP contribution in [-0.4, -0.2) is 0 Å². The highest BCUT2D eigenvalue weighted by Crippen LogP contribution is 2.63. The standard InChI is InChI=1S/C26H18.2C19H14.2C16H16.3C13H10O/c1-17-14-15-21-20-10-4-7-13-24(20)26(25(21)16-17)22-11-5-2-8-18(22)19-9-3-6-12-23(19)26;1-13-7-6-12-18-16-9-3-2-8-14(16)15-10-4-5-11-17(15)19(13)18;1-13-10-11-18-16-8-3-2-6-14(16)15-7-4-5-9-17(15)19(18)12-13;1-11-8-9-15-13(10-11)12-6-4-5-7-14(12)16(15,2)3;1-11-8-9-13-12-6-4-5-7-14(12)16(2,3)15(13)10-11;1-9-5-4-7-11-10-6-2-3-8-12(10)14-13(9)11;1-9-6-7-13-11(8-9)10-4-2-3-5-12(10)14-13;1-9-6-7-11-10-4-2-3-5-12(10)14-13(11)8-9/h2-16H,1H3;2*2-12H,1H3;2*4-10H,1-3H3;3*2-8H,1H3. The Morgan fingerprint density at radius 1 is 0.152 bits per heavy atom. The fourth-order valence-corrected chi connectivity index (χ4v) is 22.6. The van der Waals surface area contributed by atoms with Crippen LogP contribution in [0.25, 0.3) is 175 Å². The van der Waals surface area contributed by atoms with Crippen molar-refractivity contribution in [3.63, 3.8) is 0 Å². The second kappa shape index (κ2) is 35.6. The quantitative estimate of drug-likeness (QED) is 0.142. The Kier molecular flexibility index (Phi) is 22.5. The molecule has 0 atom stereocenters. The van der Waals surface area contributed by atoms with E-state index in [0.717, 1.165) is 33.5 Å². The van der Waals surface area contributed by atoms with Gasteiger partial charge >= 0.3 is 0 Å². The third-order valence-corrected chi connectivity index (χ3v) is 29.2. The Labute approximate surface area is 807 Å².